The van der Waals surface area contributed by atoms with Gasteiger partial charge in [0.2, 0.25) is 0 Å². The van der Waals surface area contributed by atoms with Crippen LogP contribution in [0.5, 0.6) is 0 Å². The minimum absolute atomic E-state index is 0.102. The molecule has 0 N–H and O–H groups in total. The largest absolute Gasteiger partial charge is 0.455 e. The average Bonchev–Trinajstić information content (AvgIpc) is 3.79. The van der Waals surface area contributed by atoms with E-state index in [2.05, 4.69) is 196 Å². The van der Waals surface area contributed by atoms with Gasteiger partial charge in [0.25, 0.3) is 0 Å². The predicted molar refractivity (Wildman–Crippen MR) is 226 cm³/mol. The van der Waals surface area contributed by atoms with Crippen LogP contribution in [-0.2, 0) is 10.8 Å². The van der Waals surface area contributed by atoms with Crippen LogP contribution in [0, 0.1) is 0 Å². The molecule has 54 heavy (non-hydrogen) atoms. The Hall–Kier alpha value is -6.38. The maximum absolute atomic E-state index is 6.75. The third-order valence-corrected chi connectivity index (χ3v) is 12.5. The first-order chi connectivity index (χ1) is 26.3. The molecule has 0 saturated heterocycles. The molecule has 258 valence electrons. The van der Waals surface area contributed by atoms with Crippen molar-refractivity contribution in [2.75, 3.05) is 4.90 Å². The van der Waals surface area contributed by atoms with Crippen molar-refractivity contribution in [1.29, 1.82) is 0 Å². The van der Waals surface area contributed by atoms with E-state index in [-0.39, 0.29) is 10.8 Å². The number of nitrogens with zero attached hydrogens (tertiary/aromatic N) is 1. The summed E-state index contributed by atoms with van der Waals surface area (Å²) >= 11 is 0. The lowest BCUT2D eigenvalue weighted by atomic mass is 9.82. The highest BCUT2D eigenvalue weighted by Crippen LogP contribution is 2.56. The van der Waals surface area contributed by atoms with Crippen LogP contribution in [0.15, 0.2) is 168 Å². The molecule has 8 aromatic carbocycles. The summed E-state index contributed by atoms with van der Waals surface area (Å²) in [7, 11) is 0. The Kier molecular flexibility index (Phi) is 6.39. The van der Waals surface area contributed by atoms with Crippen molar-refractivity contribution in [3.63, 3.8) is 0 Å². The summed E-state index contributed by atoms with van der Waals surface area (Å²) in [6, 6.07) is 60.3. The highest BCUT2D eigenvalue weighted by molar-refractivity contribution is 6.17. The van der Waals surface area contributed by atoms with Gasteiger partial charge in [-0.1, -0.05) is 155 Å². The topological polar surface area (TPSA) is 16.4 Å². The normalized spacial score (nSPS) is 14.6. The Morgan fingerprint density at radius 2 is 1.00 bits per heavy atom. The van der Waals surface area contributed by atoms with Gasteiger partial charge in [0.05, 0.1) is 5.69 Å². The Labute approximate surface area is 315 Å². The molecule has 2 aliphatic carbocycles. The van der Waals surface area contributed by atoms with Gasteiger partial charge >= 0.3 is 0 Å². The molecule has 0 aliphatic heterocycles. The Morgan fingerprint density at radius 3 is 1.83 bits per heavy atom. The van der Waals surface area contributed by atoms with Gasteiger partial charge < -0.3 is 9.32 Å². The number of rotatable bonds is 4. The van der Waals surface area contributed by atoms with Crippen molar-refractivity contribution < 1.29 is 4.42 Å². The van der Waals surface area contributed by atoms with Gasteiger partial charge in [-0.3, -0.25) is 0 Å². The lowest BCUT2D eigenvalue weighted by molar-refractivity contribution is 0.660. The zero-order chi connectivity index (χ0) is 36.3. The second-order valence-electron chi connectivity index (χ2n) is 16.1. The lowest BCUT2D eigenvalue weighted by Gasteiger charge is -2.30. The van der Waals surface area contributed by atoms with E-state index in [0.29, 0.717) is 0 Å². The first-order valence-electron chi connectivity index (χ1n) is 19.0. The molecule has 2 aliphatic rings. The van der Waals surface area contributed by atoms with Crippen molar-refractivity contribution in [3.05, 3.63) is 186 Å². The Balaban J connectivity index is 1.10. The summed E-state index contributed by atoms with van der Waals surface area (Å²) in [4.78, 5) is 2.48. The standard InChI is InChI=1S/C52H39NO/c1-51(2)44-20-10-8-16-42(44)48-45(51)21-12-22-47(48)53(35-28-30-39-38-15-7-9-19-43(38)52(3,4)46(39)31-35)34-26-23-33(24-27-34)37-17-11-18-40-41-29-25-32-13-5-6-14-36(32)50(41)54-49(37)40/h5-31H,1-4H3. The van der Waals surface area contributed by atoms with E-state index in [1.54, 1.807) is 0 Å². The van der Waals surface area contributed by atoms with Crippen LogP contribution in [0.3, 0.4) is 0 Å². The summed E-state index contributed by atoms with van der Waals surface area (Å²) in [6.07, 6.45) is 0. The number of hydrogen-bond acceptors (Lipinski definition) is 2. The molecule has 0 saturated carbocycles. The maximum Gasteiger partial charge on any atom is 0.143 e. The van der Waals surface area contributed by atoms with Gasteiger partial charge in [-0.25, -0.2) is 0 Å². The third-order valence-electron chi connectivity index (χ3n) is 12.5. The van der Waals surface area contributed by atoms with Crippen LogP contribution in [0.25, 0.3) is 66.1 Å². The molecule has 0 bridgehead atoms. The first-order valence-corrected chi connectivity index (χ1v) is 19.0. The highest BCUT2D eigenvalue weighted by Gasteiger charge is 2.39. The molecule has 1 aromatic heterocycles. The van der Waals surface area contributed by atoms with Crippen molar-refractivity contribution in [2.45, 2.75) is 38.5 Å². The summed E-state index contributed by atoms with van der Waals surface area (Å²) < 4.78 is 6.75. The number of furan rings is 1. The molecular formula is C52H39NO. The monoisotopic (exact) mass is 693 g/mol. The number of fused-ring (bicyclic) bond motifs is 11. The SMILES string of the molecule is CC1(C)c2ccccc2-c2ccc(N(c3ccc(-c4cccc5c4oc4c6ccccc6ccc54)cc3)c3cccc4c3-c3ccccc3C4(C)C)cc21. The predicted octanol–water partition coefficient (Wildman–Crippen LogP) is 14.5. The first kappa shape index (κ1) is 31.2. The van der Waals surface area contributed by atoms with Crippen LogP contribution >= 0.6 is 0 Å². The number of anilines is 3. The zero-order valence-electron chi connectivity index (χ0n) is 30.9. The summed E-state index contributed by atoms with van der Waals surface area (Å²) in [5.41, 5.74) is 18.1. The fourth-order valence-electron chi connectivity index (χ4n) is 9.72. The molecule has 0 fully saturated rings. The molecular weight excluding hydrogens is 655 g/mol. The van der Waals surface area contributed by atoms with Gasteiger partial charge in [-0.15, -0.1) is 0 Å². The highest BCUT2D eigenvalue weighted by atomic mass is 16.3. The van der Waals surface area contributed by atoms with E-state index in [1.807, 2.05) is 0 Å². The van der Waals surface area contributed by atoms with Crippen LogP contribution < -0.4 is 4.90 Å². The number of hydrogen-bond donors (Lipinski definition) is 0. The summed E-state index contributed by atoms with van der Waals surface area (Å²) in [5.74, 6) is 0. The van der Waals surface area contributed by atoms with Crippen LogP contribution in [-0.4, -0.2) is 0 Å². The molecule has 11 rings (SSSR count). The van der Waals surface area contributed by atoms with E-state index in [4.69, 9.17) is 4.42 Å². The second-order valence-corrected chi connectivity index (χ2v) is 16.1. The lowest BCUT2D eigenvalue weighted by Crippen LogP contribution is -2.17. The van der Waals surface area contributed by atoms with E-state index in [9.17, 15) is 0 Å². The second kappa shape index (κ2) is 11.1. The molecule has 0 radical (unpaired) electrons. The Bertz CT molecular complexity index is 3000. The van der Waals surface area contributed by atoms with Crippen LogP contribution in [0.1, 0.15) is 49.9 Å². The van der Waals surface area contributed by atoms with Gasteiger partial charge in [0, 0.05) is 49.5 Å². The van der Waals surface area contributed by atoms with E-state index in [1.165, 1.54) is 55.6 Å². The van der Waals surface area contributed by atoms with E-state index >= 15 is 0 Å². The van der Waals surface area contributed by atoms with E-state index in [0.717, 1.165) is 49.8 Å². The van der Waals surface area contributed by atoms with Crippen LogP contribution in [0.2, 0.25) is 0 Å². The van der Waals surface area contributed by atoms with Crippen molar-refractivity contribution in [3.8, 4) is 33.4 Å². The molecule has 0 unspecified atom stereocenters. The molecule has 1 heterocycles. The zero-order valence-corrected chi connectivity index (χ0v) is 30.9. The van der Waals surface area contributed by atoms with Gasteiger partial charge in [-0.05, 0) is 86.3 Å². The van der Waals surface area contributed by atoms with Crippen LogP contribution in [0.4, 0.5) is 17.1 Å². The molecule has 9 aromatic rings. The minimum Gasteiger partial charge on any atom is -0.455 e. The van der Waals surface area contributed by atoms with Crippen molar-refractivity contribution in [2.24, 2.45) is 0 Å². The molecule has 0 atom stereocenters. The smallest absolute Gasteiger partial charge is 0.143 e. The maximum atomic E-state index is 6.75. The fraction of sp³-hybridized carbons (Fsp3) is 0.115. The van der Waals surface area contributed by atoms with Gasteiger partial charge in [0.15, 0.2) is 0 Å². The Morgan fingerprint density at radius 1 is 0.407 bits per heavy atom. The third kappa shape index (κ3) is 4.23. The number of benzene rings is 8. The molecule has 0 spiro atoms. The average molecular weight is 694 g/mol. The molecule has 2 nitrogen and oxygen atoms in total. The molecule has 2 heteroatoms. The van der Waals surface area contributed by atoms with Crippen molar-refractivity contribution >= 4 is 49.8 Å². The van der Waals surface area contributed by atoms with Gasteiger partial charge in [0.1, 0.15) is 11.2 Å². The summed E-state index contributed by atoms with van der Waals surface area (Å²) in [6.45, 7) is 9.44. The molecule has 0 amide bonds. The summed E-state index contributed by atoms with van der Waals surface area (Å²) in [5, 5.41) is 4.62. The minimum atomic E-state index is -0.110. The fourth-order valence-corrected chi connectivity index (χ4v) is 9.72. The number of para-hydroxylation sites is 1. The quantitative estimate of drug-likeness (QED) is 0.182. The van der Waals surface area contributed by atoms with Gasteiger partial charge in [-0.2, -0.15) is 0 Å². The van der Waals surface area contributed by atoms with Crippen molar-refractivity contribution in [1.82, 2.24) is 0 Å². The van der Waals surface area contributed by atoms with E-state index < -0.39 is 0 Å².